The van der Waals surface area contributed by atoms with E-state index in [0.717, 1.165) is 53.8 Å². The van der Waals surface area contributed by atoms with Crippen LogP contribution in [0.15, 0.2) is 90.3 Å². The first-order valence-electron chi connectivity index (χ1n) is 15.6. The average molecular weight is 716 g/mol. The number of ether oxygens (including phenoxy) is 1. The summed E-state index contributed by atoms with van der Waals surface area (Å²) in [6, 6.07) is 24.5. The summed E-state index contributed by atoms with van der Waals surface area (Å²) in [6.07, 6.45) is 6.51. The van der Waals surface area contributed by atoms with Crippen molar-refractivity contribution >= 4 is 75.1 Å². The van der Waals surface area contributed by atoms with E-state index in [-0.39, 0.29) is 47.5 Å². The van der Waals surface area contributed by atoms with Crippen LogP contribution >= 0.6 is 11.3 Å². The fourth-order valence-electron chi connectivity index (χ4n) is 5.96. The van der Waals surface area contributed by atoms with E-state index in [1.165, 1.54) is 0 Å². The van der Waals surface area contributed by atoms with Crippen LogP contribution in [0.2, 0.25) is 0 Å². The van der Waals surface area contributed by atoms with Gasteiger partial charge in [-0.05, 0) is 65.6 Å². The number of benzene rings is 4. The van der Waals surface area contributed by atoms with Crippen LogP contribution in [0.4, 0.5) is 5.69 Å². The van der Waals surface area contributed by atoms with Gasteiger partial charge in [0.2, 0.25) is 11.4 Å². The minimum atomic E-state index is -4.28. The number of hydrogen-bond acceptors (Lipinski definition) is 8. The Balaban J connectivity index is 0.00000451. The molecule has 1 aromatic heterocycles. The molecular weight excluding hydrogens is 680 g/mol. The number of unbranched alkanes of at least 4 members (excludes halogenated alkanes) is 2. The van der Waals surface area contributed by atoms with Crippen LogP contribution in [0.3, 0.4) is 0 Å². The molecule has 48 heavy (non-hydrogen) atoms. The van der Waals surface area contributed by atoms with E-state index < -0.39 is 20.2 Å². The maximum atomic E-state index is 11.3. The number of thiazole rings is 1. The Bertz CT molecular complexity index is 2250. The van der Waals surface area contributed by atoms with Gasteiger partial charge in [0.1, 0.15) is 4.70 Å². The van der Waals surface area contributed by atoms with E-state index in [1.54, 1.807) is 11.3 Å². The molecule has 0 atom stereocenters. The summed E-state index contributed by atoms with van der Waals surface area (Å²) in [5.41, 5.74) is 2.95. The second-order valence-corrected chi connectivity index (χ2v) is 15.8. The third-order valence-electron chi connectivity index (χ3n) is 8.31. The van der Waals surface area contributed by atoms with Gasteiger partial charge in [0, 0.05) is 42.3 Å². The SMILES string of the molecule is CCC(=Cc1sc2c3ccccc3ccc2[n+]1CCCCS(=O)(=O)[O-])C=C1Oc2cc3ccccc3cc2N1CCCCS(=O)(=O)O.[Na+]. The molecule has 9 nitrogen and oxygen atoms in total. The Labute approximate surface area is 307 Å². The van der Waals surface area contributed by atoms with Crippen molar-refractivity contribution in [2.45, 2.75) is 45.6 Å². The van der Waals surface area contributed by atoms with Crippen LogP contribution in [0.5, 0.6) is 5.75 Å². The van der Waals surface area contributed by atoms with Crippen LogP contribution in [-0.4, -0.2) is 44.0 Å². The maximum Gasteiger partial charge on any atom is 1.00 e. The number of anilines is 1. The molecule has 1 N–H and O–H groups in total. The molecule has 0 aliphatic carbocycles. The number of aromatic nitrogens is 1. The number of hydrogen-bond donors (Lipinski definition) is 1. The number of aryl methyl sites for hydroxylation is 1. The van der Waals surface area contributed by atoms with Gasteiger partial charge in [-0.2, -0.15) is 13.0 Å². The summed E-state index contributed by atoms with van der Waals surface area (Å²) in [5.74, 6) is 0.668. The standard InChI is InChI=1S/C35H36N2O7S3.Na/c1-2-25(21-33-36(17-7-9-19-46(38,39)40)31-23-27-12-3-4-13-28(27)24-32(31)44-33)22-34-37(18-8-10-20-47(41,42)43)30-16-15-26-11-5-6-14-29(26)35(30)45-34;/h3-6,11-16,21-24H,2,7-10,17-20H2,1H3,(H-,38,39,40,41,42,43);/q;+1. The molecule has 0 spiro atoms. The fraction of sp³-hybridized carbons (Fsp3) is 0.286. The molecule has 0 unspecified atom stereocenters. The molecule has 0 fully saturated rings. The second-order valence-electron chi connectivity index (χ2n) is 11.7. The number of allylic oxidation sites excluding steroid dienone is 2. The summed E-state index contributed by atoms with van der Waals surface area (Å²) in [4.78, 5) is 2.06. The molecule has 2 heterocycles. The average Bonchev–Trinajstić information content (AvgIpc) is 3.55. The normalized spacial score (nSPS) is 14.5. The molecule has 0 bridgehead atoms. The van der Waals surface area contributed by atoms with E-state index >= 15 is 0 Å². The Morgan fingerprint density at radius 2 is 1.60 bits per heavy atom. The Morgan fingerprint density at radius 3 is 2.31 bits per heavy atom. The maximum absolute atomic E-state index is 11.3. The molecule has 5 aromatic rings. The predicted molar refractivity (Wildman–Crippen MR) is 187 cm³/mol. The first kappa shape index (κ1) is 36.5. The van der Waals surface area contributed by atoms with E-state index in [1.807, 2.05) is 48.5 Å². The fourth-order valence-corrected chi connectivity index (χ4v) is 8.38. The molecular formula is C35H36N2NaO7S3+. The van der Waals surface area contributed by atoms with E-state index in [4.69, 9.17) is 4.74 Å². The minimum absolute atomic E-state index is 0. The quantitative estimate of drug-likeness (QED) is 0.0839. The Morgan fingerprint density at radius 1 is 0.917 bits per heavy atom. The van der Waals surface area contributed by atoms with Crippen LogP contribution in [0.25, 0.3) is 37.8 Å². The van der Waals surface area contributed by atoms with Crippen molar-refractivity contribution in [1.82, 2.24) is 0 Å². The summed E-state index contributed by atoms with van der Waals surface area (Å²) >= 11 is 1.67. The van der Waals surface area contributed by atoms with Gasteiger partial charge in [-0.3, -0.25) is 4.55 Å². The van der Waals surface area contributed by atoms with Gasteiger partial charge < -0.3 is 14.2 Å². The zero-order chi connectivity index (χ0) is 33.2. The zero-order valence-corrected chi connectivity index (χ0v) is 31.4. The van der Waals surface area contributed by atoms with Crippen LogP contribution in [-0.2, 0) is 26.8 Å². The van der Waals surface area contributed by atoms with E-state index in [2.05, 4.69) is 52.8 Å². The van der Waals surface area contributed by atoms with E-state index in [9.17, 15) is 25.9 Å². The van der Waals surface area contributed by atoms with Gasteiger partial charge in [0.25, 0.3) is 15.1 Å². The van der Waals surface area contributed by atoms with Crippen molar-refractivity contribution < 1.29 is 64.8 Å². The first-order valence-corrected chi connectivity index (χ1v) is 19.6. The Kier molecular flexibility index (Phi) is 11.7. The van der Waals surface area contributed by atoms with Gasteiger partial charge in [-0.25, -0.2) is 8.42 Å². The predicted octanol–water partition coefficient (Wildman–Crippen LogP) is 4.03. The first-order chi connectivity index (χ1) is 22.5. The summed E-state index contributed by atoms with van der Waals surface area (Å²) in [7, 11) is -8.32. The summed E-state index contributed by atoms with van der Waals surface area (Å²) in [5, 5.41) is 5.38. The van der Waals surface area contributed by atoms with Crippen molar-refractivity contribution in [2.75, 3.05) is 23.0 Å². The molecule has 0 radical (unpaired) electrons. The molecule has 1 aliphatic rings. The smallest absolute Gasteiger partial charge is 0.748 e. The molecule has 0 saturated heterocycles. The van der Waals surface area contributed by atoms with Gasteiger partial charge in [-0.1, -0.05) is 66.8 Å². The van der Waals surface area contributed by atoms with Gasteiger partial charge in [-0.15, -0.1) is 0 Å². The van der Waals surface area contributed by atoms with Crippen LogP contribution < -0.4 is 43.8 Å². The van der Waals surface area contributed by atoms with E-state index in [0.29, 0.717) is 44.7 Å². The molecule has 6 rings (SSSR count). The molecule has 13 heteroatoms. The van der Waals surface area contributed by atoms with Crippen molar-refractivity contribution in [1.29, 1.82) is 0 Å². The Hall–Kier alpha value is -2.81. The van der Waals surface area contributed by atoms with Crippen molar-refractivity contribution in [3.63, 3.8) is 0 Å². The largest absolute Gasteiger partial charge is 1.00 e. The molecule has 246 valence electrons. The molecule has 0 amide bonds. The van der Waals surface area contributed by atoms with Gasteiger partial charge in [0.15, 0.2) is 12.3 Å². The van der Waals surface area contributed by atoms with Gasteiger partial charge >= 0.3 is 29.6 Å². The van der Waals surface area contributed by atoms with Crippen molar-refractivity contribution in [2.24, 2.45) is 0 Å². The molecule has 1 aliphatic heterocycles. The molecule has 4 aromatic carbocycles. The van der Waals surface area contributed by atoms with Crippen molar-refractivity contribution in [3.05, 3.63) is 95.3 Å². The second kappa shape index (κ2) is 15.4. The summed E-state index contributed by atoms with van der Waals surface area (Å²) < 4.78 is 75.4. The molecule has 0 saturated carbocycles. The minimum Gasteiger partial charge on any atom is -0.748 e. The third-order valence-corrected chi connectivity index (χ3v) is 11.1. The summed E-state index contributed by atoms with van der Waals surface area (Å²) in [6.45, 7) is 3.13. The zero-order valence-electron chi connectivity index (χ0n) is 27.0. The number of fused-ring (bicyclic) bond motifs is 5. The van der Waals surface area contributed by atoms with Crippen molar-refractivity contribution in [3.8, 4) is 5.75 Å². The third kappa shape index (κ3) is 8.67. The van der Waals surface area contributed by atoms with Gasteiger partial charge in [0.05, 0.1) is 21.6 Å². The number of rotatable bonds is 13. The van der Waals surface area contributed by atoms with Crippen LogP contribution in [0, 0.1) is 0 Å². The number of nitrogens with zero attached hydrogens (tertiary/aromatic N) is 2. The van der Waals surface area contributed by atoms with Crippen LogP contribution in [0.1, 0.15) is 44.0 Å². The topological polar surface area (TPSA) is 128 Å². The monoisotopic (exact) mass is 715 g/mol.